The number of nitrogens with two attached hydrogens (primary N) is 1. The van der Waals surface area contributed by atoms with Gasteiger partial charge in [0.2, 0.25) is 11.8 Å². The average molecular weight is 438 g/mol. The Bertz CT molecular complexity index is 1210. The van der Waals surface area contributed by atoms with Crippen LogP contribution in [0.3, 0.4) is 0 Å². The second-order valence-corrected chi connectivity index (χ2v) is 10.4. The molecule has 154 valence electrons. The number of anilines is 1. The number of nitrogens with zero attached hydrogens (tertiary/aromatic N) is 4. The zero-order chi connectivity index (χ0) is 20.8. The highest BCUT2D eigenvalue weighted by atomic mass is 32.2. The highest BCUT2D eigenvalue weighted by Gasteiger charge is 2.24. The van der Waals surface area contributed by atoms with Crippen molar-refractivity contribution >= 4 is 39.1 Å². The first kappa shape index (κ1) is 19.5. The van der Waals surface area contributed by atoms with Crippen molar-refractivity contribution in [2.75, 3.05) is 5.73 Å². The van der Waals surface area contributed by atoms with Gasteiger partial charge in [-0.1, -0.05) is 36.4 Å². The molecular weight excluding hydrogens is 414 g/mol. The first-order chi connectivity index (χ1) is 14.5. The van der Waals surface area contributed by atoms with Crippen LogP contribution in [0.2, 0.25) is 0 Å². The zero-order valence-electron chi connectivity index (χ0n) is 17.2. The Kier molecular flexibility index (Phi) is 4.99. The van der Waals surface area contributed by atoms with Crippen molar-refractivity contribution in [1.29, 1.82) is 0 Å². The summed E-state index contributed by atoms with van der Waals surface area (Å²) in [6.07, 6.45) is 3.38. The number of nitrogen functional groups attached to an aromatic ring is 1. The van der Waals surface area contributed by atoms with Gasteiger partial charge in [-0.3, -0.25) is 0 Å². The van der Waals surface area contributed by atoms with E-state index in [1.54, 1.807) is 11.3 Å². The van der Waals surface area contributed by atoms with Crippen LogP contribution in [0.4, 0.5) is 5.82 Å². The lowest BCUT2D eigenvalue weighted by atomic mass is 9.89. The molecule has 0 radical (unpaired) electrons. The summed E-state index contributed by atoms with van der Waals surface area (Å²) in [5.41, 5.74) is 9.82. The normalized spacial score (nSPS) is 17.2. The van der Waals surface area contributed by atoms with Crippen LogP contribution in [0.1, 0.15) is 47.4 Å². The van der Waals surface area contributed by atoms with Gasteiger partial charge in [-0.25, -0.2) is 9.97 Å². The molecule has 2 N–H and O–H groups in total. The summed E-state index contributed by atoms with van der Waals surface area (Å²) >= 11 is 3.25. The number of thiophene rings is 1. The van der Waals surface area contributed by atoms with E-state index in [0.717, 1.165) is 28.6 Å². The van der Waals surface area contributed by atoms with Gasteiger partial charge in [0.1, 0.15) is 10.6 Å². The molecule has 6 nitrogen and oxygen atoms in total. The number of aryl methyl sites for hydroxylation is 2. The largest absolute Gasteiger partial charge is 0.419 e. The van der Waals surface area contributed by atoms with Crippen LogP contribution in [0, 0.1) is 12.8 Å². The summed E-state index contributed by atoms with van der Waals surface area (Å²) in [5.74, 6) is 2.37. The Labute approximate surface area is 183 Å². The predicted molar refractivity (Wildman–Crippen MR) is 122 cm³/mol. The molecule has 1 aromatic carbocycles. The summed E-state index contributed by atoms with van der Waals surface area (Å²) in [4.78, 5) is 11.8. The Morgan fingerprint density at radius 3 is 2.80 bits per heavy atom. The Hall–Kier alpha value is -2.45. The molecule has 0 spiro atoms. The van der Waals surface area contributed by atoms with Crippen LogP contribution in [-0.4, -0.2) is 20.2 Å². The molecule has 2 atom stereocenters. The third-order valence-electron chi connectivity index (χ3n) is 5.53. The fourth-order valence-electron chi connectivity index (χ4n) is 3.82. The topological polar surface area (TPSA) is 90.7 Å². The van der Waals surface area contributed by atoms with Crippen molar-refractivity contribution in [3.63, 3.8) is 0 Å². The summed E-state index contributed by atoms with van der Waals surface area (Å²) < 4.78 is 5.91. The van der Waals surface area contributed by atoms with Crippen molar-refractivity contribution in [3.05, 3.63) is 46.2 Å². The molecular formula is C22H23N5OS2. The highest BCUT2D eigenvalue weighted by molar-refractivity contribution is 7.99. The molecule has 3 heterocycles. The van der Waals surface area contributed by atoms with Crippen LogP contribution < -0.4 is 5.73 Å². The van der Waals surface area contributed by atoms with Crippen LogP contribution in [0.15, 0.2) is 33.8 Å². The number of benzene rings is 1. The van der Waals surface area contributed by atoms with E-state index in [9.17, 15) is 0 Å². The van der Waals surface area contributed by atoms with Crippen LogP contribution >= 0.6 is 23.1 Å². The van der Waals surface area contributed by atoms with Crippen molar-refractivity contribution in [2.45, 2.75) is 50.4 Å². The lowest BCUT2D eigenvalue weighted by Gasteiger charge is -2.17. The van der Waals surface area contributed by atoms with Gasteiger partial charge in [-0.15, -0.1) is 21.5 Å². The van der Waals surface area contributed by atoms with E-state index in [4.69, 9.17) is 15.1 Å². The molecule has 0 aliphatic heterocycles. The molecule has 5 rings (SSSR count). The van der Waals surface area contributed by atoms with E-state index < -0.39 is 0 Å². The van der Waals surface area contributed by atoms with Crippen LogP contribution in [0.25, 0.3) is 21.7 Å². The lowest BCUT2D eigenvalue weighted by Crippen LogP contribution is -2.09. The molecule has 1 aliphatic rings. The fourth-order valence-corrected chi connectivity index (χ4v) is 6.08. The second kappa shape index (κ2) is 7.67. The fraction of sp³-hybridized carbons (Fsp3) is 0.364. The van der Waals surface area contributed by atoms with Crippen molar-refractivity contribution in [2.24, 2.45) is 5.92 Å². The molecule has 0 amide bonds. The minimum atomic E-state index is -0.0804. The van der Waals surface area contributed by atoms with Gasteiger partial charge in [-0.05, 0) is 56.7 Å². The third kappa shape index (κ3) is 3.58. The first-order valence-electron chi connectivity index (χ1n) is 10.1. The van der Waals surface area contributed by atoms with E-state index in [2.05, 4.69) is 29.0 Å². The SMILES string of the molecule is Cc1ccc(-c2nnc([C@H](C)Sc3nc(N)c4c5c(sc4n3)C[C@H](C)CC5)o2)cc1. The summed E-state index contributed by atoms with van der Waals surface area (Å²) in [6, 6.07) is 8.04. The zero-order valence-corrected chi connectivity index (χ0v) is 18.8. The number of aromatic nitrogens is 4. The van der Waals surface area contributed by atoms with Gasteiger partial charge in [0.15, 0.2) is 5.16 Å². The monoisotopic (exact) mass is 437 g/mol. The van der Waals surface area contributed by atoms with Gasteiger partial charge >= 0.3 is 0 Å². The maximum Gasteiger partial charge on any atom is 0.247 e. The summed E-state index contributed by atoms with van der Waals surface area (Å²) in [7, 11) is 0. The minimum absolute atomic E-state index is 0.0804. The van der Waals surface area contributed by atoms with Crippen molar-refractivity contribution < 1.29 is 4.42 Å². The van der Waals surface area contributed by atoms with E-state index in [-0.39, 0.29) is 5.25 Å². The Morgan fingerprint density at radius 1 is 1.20 bits per heavy atom. The standard InChI is InChI=1S/C22H23N5OS2/c1-11-4-7-14(8-5-11)20-27-26-19(28-20)13(3)29-22-24-18(23)17-15-9-6-12(2)10-16(15)30-21(17)25-22/h4-5,7-8,12-13H,6,9-10H2,1-3H3,(H2,23,24,25)/t12-,13+/m1/s1. The first-order valence-corrected chi connectivity index (χ1v) is 11.8. The molecule has 1 aliphatic carbocycles. The average Bonchev–Trinajstić information content (AvgIpc) is 3.33. The molecule has 8 heteroatoms. The molecule has 4 aromatic rings. The molecule has 0 saturated heterocycles. The second-order valence-electron chi connectivity index (χ2n) is 7.99. The predicted octanol–water partition coefficient (Wildman–Crippen LogP) is 5.61. The highest BCUT2D eigenvalue weighted by Crippen LogP contribution is 2.41. The van der Waals surface area contributed by atoms with E-state index >= 15 is 0 Å². The maximum absolute atomic E-state index is 6.36. The number of hydrogen-bond donors (Lipinski definition) is 1. The minimum Gasteiger partial charge on any atom is -0.419 e. The maximum atomic E-state index is 6.36. The van der Waals surface area contributed by atoms with Gasteiger partial charge in [-0.2, -0.15) is 0 Å². The lowest BCUT2D eigenvalue weighted by molar-refractivity contribution is 0.509. The number of hydrogen-bond acceptors (Lipinski definition) is 8. The molecule has 0 saturated carbocycles. The molecule has 0 unspecified atom stereocenters. The molecule has 30 heavy (non-hydrogen) atoms. The van der Waals surface area contributed by atoms with Gasteiger partial charge < -0.3 is 10.2 Å². The molecule has 3 aromatic heterocycles. The van der Waals surface area contributed by atoms with Crippen molar-refractivity contribution in [1.82, 2.24) is 20.2 Å². The quantitative estimate of drug-likeness (QED) is 0.328. The third-order valence-corrected chi connectivity index (χ3v) is 7.63. The summed E-state index contributed by atoms with van der Waals surface area (Å²) in [6.45, 7) is 6.37. The van der Waals surface area contributed by atoms with E-state index in [1.165, 1.54) is 34.2 Å². The number of thioether (sulfide) groups is 1. The number of rotatable bonds is 4. The van der Waals surface area contributed by atoms with Crippen LogP contribution in [0.5, 0.6) is 0 Å². The summed E-state index contributed by atoms with van der Waals surface area (Å²) in [5, 5.41) is 10.1. The van der Waals surface area contributed by atoms with Gasteiger partial charge in [0.25, 0.3) is 0 Å². The smallest absolute Gasteiger partial charge is 0.247 e. The van der Waals surface area contributed by atoms with Crippen LogP contribution in [-0.2, 0) is 12.8 Å². The molecule has 0 fully saturated rings. The molecule has 0 bridgehead atoms. The van der Waals surface area contributed by atoms with Gasteiger partial charge in [0.05, 0.1) is 10.6 Å². The van der Waals surface area contributed by atoms with E-state index in [1.807, 2.05) is 31.2 Å². The number of fused-ring (bicyclic) bond motifs is 3. The Morgan fingerprint density at radius 2 is 2.00 bits per heavy atom. The van der Waals surface area contributed by atoms with Crippen molar-refractivity contribution in [3.8, 4) is 11.5 Å². The van der Waals surface area contributed by atoms with Gasteiger partial charge in [0, 0.05) is 10.4 Å². The Balaban J connectivity index is 1.40. The van der Waals surface area contributed by atoms with E-state index in [0.29, 0.717) is 28.7 Å².